The van der Waals surface area contributed by atoms with Crippen LogP contribution in [0.15, 0.2) is 74.6 Å². The van der Waals surface area contributed by atoms with Crippen molar-refractivity contribution >= 4 is 32.8 Å². The Labute approximate surface area is 185 Å². The second-order valence-electron chi connectivity index (χ2n) is 7.44. The summed E-state index contributed by atoms with van der Waals surface area (Å²) in [7, 11) is -3.24. The maximum atomic E-state index is 13.0. The van der Waals surface area contributed by atoms with Crippen LogP contribution in [0.25, 0.3) is 0 Å². The first-order chi connectivity index (χ1) is 14.8. The second kappa shape index (κ2) is 8.78. The normalized spacial score (nSPS) is 17.5. The molecule has 0 bridgehead atoms. The highest BCUT2D eigenvalue weighted by atomic mass is 32.2. The lowest BCUT2D eigenvalue weighted by Crippen LogP contribution is -2.36. The van der Waals surface area contributed by atoms with Crippen LogP contribution in [0.1, 0.15) is 41.6 Å². The van der Waals surface area contributed by atoms with Crippen LogP contribution >= 0.6 is 11.3 Å². The van der Waals surface area contributed by atoms with Gasteiger partial charge in [-0.1, -0.05) is 18.2 Å². The van der Waals surface area contributed by atoms with Crippen molar-refractivity contribution in [3.8, 4) is 0 Å². The predicted octanol–water partition coefficient (Wildman–Crippen LogP) is 3.77. The van der Waals surface area contributed by atoms with Gasteiger partial charge in [-0.2, -0.15) is 5.10 Å². The molecule has 2 atom stereocenters. The molecule has 3 aromatic rings. The summed E-state index contributed by atoms with van der Waals surface area (Å²) in [6, 6.07) is 13.9. The molecule has 1 N–H and O–H groups in total. The maximum Gasteiger partial charge on any atom is 0.257 e. The first-order valence-corrected chi connectivity index (χ1v) is 12.6. The minimum Gasteiger partial charge on any atom is -0.467 e. The number of furan rings is 1. The van der Waals surface area contributed by atoms with Gasteiger partial charge in [-0.05, 0) is 48.2 Å². The van der Waals surface area contributed by atoms with Gasteiger partial charge in [-0.25, -0.2) is 13.4 Å². The molecule has 31 heavy (non-hydrogen) atoms. The number of hydrogen-bond acceptors (Lipinski definition) is 7. The van der Waals surface area contributed by atoms with Gasteiger partial charge in [0.1, 0.15) is 11.8 Å². The molecule has 0 spiro atoms. The van der Waals surface area contributed by atoms with E-state index in [2.05, 4.69) is 10.4 Å². The van der Waals surface area contributed by atoms with Crippen LogP contribution < -0.4 is 5.32 Å². The third-order valence-electron chi connectivity index (χ3n) is 5.21. The fraction of sp³-hybridized carbons (Fsp3) is 0.273. The predicted molar refractivity (Wildman–Crippen MR) is 120 cm³/mol. The topological polar surface area (TPSA) is 92.0 Å². The van der Waals surface area contributed by atoms with E-state index in [0.717, 1.165) is 16.2 Å². The van der Waals surface area contributed by atoms with Crippen molar-refractivity contribution in [1.82, 2.24) is 10.3 Å². The Morgan fingerprint density at radius 1 is 1.26 bits per heavy atom. The largest absolute Gasteiger partial charge is 0.467 e. The molecule has 7 nitrogen and oxygen atoms in total. The van der Waals surface area contributed by atoms with E-state index in [-0.39, 0.29) is 29.4 Å². The van der Waals surface area contributed by atoms with Gasteiger partial charge in [0.15, 0.2) is 9.84 Å². The molecule has 2 aromatic heterocycles. The summed E-state index contributed by atoms with van der Waals surface area (Å²) < 4.78 is 28.8. The summed E-state index contributed by atoms with van der Waals surface area (Å²) in [5.74, 6) is 0.542. The lowest BCUT2D eigenvalue weighted by atomic mass is 10.1. The van der Waals surface area contributed by atoms with E-state index < -0.39 is 9.84 Å². The van der Waals surface area contributed by atoms with Gasteiger partial charge in [0.2, 0.25) is 0 Å². The molecular formula is C22H23N3O4S2. The van der Waals surface area contributed by atoms with E-state index in [1.807, 2.05) is 36.6 Å². The van der Waals surface area contributed by atoms with Crippen LogP contribution in [0, 0.1) is 0 Å². The van der Waals surface area contributed by atoms with Crippen LogP contribution in [0.2, 0.25) is 0 Å². The zero-order valence-electron chi connectivity index (χ0n) is 17.2. The third-order valence-corrected chi connectivity index (χ3v) is 7.26. The maximum absolute atomic E-state index is 13.0. The van der Waals surface area contributed by atoms with Gasteiger partial charge < -0.3 is 9.73 Å². The molecule has 0 radical (unpaired) electrons. The Hall–Kier alpha value is -2.75. The average Bonchev–Trinajstić information content (AvgIpc) is 3.51. The van der Waals surface area contributed by atoms with E-state index in [1.54, 1.807) is 41.9 Å². The number of benzene rings is 1. The molecule has 9 heteroatoms. The van der Waals surface area contributed by atoms with Gasteiger partial charge in [-0.3, -0.25) is 4.79 Å². The number of nitrogens with zero attached hydrogens (tertiary/aromatic N) is 2. The molecule has 1 aliphatic heterocycles. The van der Waals surface area contributed by atoms with Crippen molar-refractivity contribution in [2.24, 2.45) is 5.10 Å². The van der Waals surface area contributed by atoms with Crippen LogP contribution in [-0.4, -0.2) is 37.8 Å². The molecule has 1 amide bonds. The molecule has 0 saturated heterocycles. The highest BCUT2D eigenvalue weighted by molar-refractivity contribution is 7.90. The summed E-state index contributed by atoms with van der Waals surface area (Å²) in [5, 5.41) is 11.3. The second-order valence-corrected chi connectivity index (χ2v) is 10.4. The number of hydrazone groups is 1. The lowest BCUT2D eigenvalue weighted by Gasteiger charge is -2.21. The molecule has 0 fully saturated rings. The van der Waals surface area contributed by atoms with Gasteiger partial charge in [-0.15, -0.1) is 11.3 Å². The van der Waals surface area contributed by atoms with Crippen molar-refractivity contribution in [2.75, 3.05) is 12.8 Å². The monoisotopic (exact) mass is 457 g/mol. The zero-order valence-corrected chi connectivity index (χ0v) is 18.8. The quantitative estimate of drug-likeness (QED) is 0.583. The number of rotatable bonds is 7. The lowest BCUT2D eigenvalue weighted by molar-refractivity contribution is -0.132. The van der Waals surface area contributed by atoms with Crippen molar-refractivity contribution in [3.63, 3.8) is 0 Å². The Bertz CT molecular complexity index is 1170. The van der Waals surface area contributed by atoms with Crippen molar-refractivity contribution in [1.29, 1.82) is 0 Å². The van der Waals surface area contributed by atoms with Crippen molar-refractivity contribution in [2.45, 2.75) is 30.3 Å². The Balaban J connectivity index is 1.45. The fourth-order valence-corrected chi connectivity index (χ4v) is 4.83. The van der Waals surface area contributed by atoms with E-state index in [4.69, 9.17) is 4.42 Å². The summed E-state index contributed by atoms with van der Waals surface area (Å²) in [4.78, 5) is 14.3. The van der Waals surface area contributed by atoms with Crippen molar-refractivity contribution in [3.05, 3.63) is 76.4 Å². The zero-order chi connectivity index (χ0) is 22.0. The van der Waals surface area contributed by atoms with E-state index in [0.29, 0.717) is 12.2 Å². The number of nitrogens with one attached hydrogen (secondary N) is 1. The number of sulfone groups is 1. The Morgan fingerprint density at radius 2 is 2.03 bits per heavy atom. The van der Waals surface area contributed by atoms with Gasteiger partial charge in [0, 0.05) is 18.7 Å². The first-order valence-electron chi connectivity index (χ1n) is 9.83. The number of amides is 1. The number of carbonyl (C=O) groups is 1. The highest BCUT2D eigenvalue weighted by Crippen LogP contribution is 2.34. The molecular weight excluding hydrogens is 434 g/mol. The third kappa shape index (κ3) is 4.79. The van der Waals surface area contributed by atoms with Gasteiger partial charge >= 0.3 is 0 Å². The summed E-state index contributed by atoms with van der Waals surface area (Å²) in [6.45, 7) is 2.02. The number of thiophene rings is 1. The van der Waals surface area contributed by atoms with E-state index >= 15 is 0 Å². The van der Waals surface area contributed by atoms with E-state index in [1.165, 1.54) is 11.3 Å². The van der Waals surface area contributed by atoms with Crippen LogP contribution in [-0.2, 0) is 14.6 Å². The molecule has 162 valence electrons. The minimum atomic E-state index is -3.24. The molecule has 3 heterocycles. The van der Waals surface area contributed by atoms with Gasteiger partial charge in [0.25, 0.3) is 5.91 Å². The number of hydrogen-bond donors (Lipinski definition) is 1. The van der Waals surface area contributed by atoms with E-state index in [9.17, 15) is 13.2 Å². The fourth-order valence-electron chi connectivity index (χ4n) is 3.48. The molecule has 4 rings (SSSR count). The molecule has 0 aliphatic carbocycles. The molecule has 1 aromatic carbocycles. The van der Waals surface area contributed by atoms with Crippen LogP contribution in [0.3, 0.4) is 0 Å². The summed E-state index contributed by atoms with van der Waals surface area (Å²) in [5.41, 5.74) is 1.76. The molecule has 1 aliphatic rings. The Kier molecular flexibility index (Phi) is 6.08. The van der Waals surface area contributed by atoms with Crippen molar-refractivity contribution < 1.29 is 17.6 Å². The van der Waals surface area contributed by atoms with Gasteiger partial charge in [0.05, 0.1) is 28.3 Å². The smallest absolute Gasteiger partial charge is 0.257 e. The molecule has 0 unspecified atom stereocenters. The summed E-state index contributed by atoms with van der Waals surface area (Å²) in [6.07, 6.45) is 3.38. The minimum absolute atomic E-state index is 0.0907. The number of carbonyl (C=O) groups excluding carboxylic acids is 1. The summed E-state index contributed by atoms with van der Waals surface area (Å²) >= 11 is 1.59. The van der Waals surface area contributed by atoms with Crippen LogP contribution in [0.4, 0.5) is 0 Å². The molecule has 0 saturated carbocycles. The Morgan fingerprint density at radius 3 is 2.65 bits per heavy atom. The average molecular weight is 458 g/mol. The SMILES string of the molecule is C[C@H](NCC(=O)N1N=C(c2cccs2)C[C@H]1c1ccco1)c1ccc(S(C)(=O)=O)cc1. The standard InChI is InChI=1S/C22H23N3O4S2/c1-15(16-7-9-17(10-8-16)31(2,27)28)23-14-22(26)25-19(20-5-3-11-29-20)13-18(24-25)21-6-4-12-30-21/h3-12,15,19,23H,13-14H2,1-2H3/t15-,19-/m0/s1. The van der Waals surface area contributed by atoms with Crippen LogP contribution in [0.5, 0.6) is 0 Å². The first kappa shape index (κ1) is 21.5. The highest BCUT2D eigenvalue weighted by Gasteiger charge is 2.35.